The summed E-state index contributed by atoms with van der Waals surface area (Å²) in [5, 5.41) is 0.325. The van der Waals surface area contributed by atoms with E-state index in [0.29, 0.717) is 23.4 Å². The quantitative estimate of drug-likeness (QED) is 0.734. The first-order valence-electron chi connectivity index (χ1n) is 4.91. The number of rotatable bonds is 4. The van der Waals surface area contributed by atoms with Gasteiger partial charge in [-0.3, -0.25) is 0 Å². The number of hydrogen-bond donors (Lipinski definition) is 0. The van der Waals surface area contributed by atoms with Gasteiger partial charge < -0.3 is 4.90 Å². The van der Waals surface area contributed by atoms with Crippen molar-refractivity contribution < 1.29 is 4.39 Å². The van der Waals surface area contributed by atoms with E-state index in [-0.39, 0.29) is 5.82 Å². The molecule has 2 rings (SSSR count). The molecule has 0 amide bonds. The van der Waals surface area contributed by atoms with Crippen LogP contribution in [-0.4, -0.2) is 17.6 Å². The molecule has 1 heterocycles. The van der Waals surface area contributed by atoms with Crippen LogP contribution in [0.5, 0.6) is 0 Å². The van der Waals surface area contributed by atoms with E-state index in [1.54, 1.807) is 6.08 Å². The zero-order valence-electron chi connectivity index (χ0n) is 8.29. The number of hydrogen-bond acceptors (Lipinski definition) is 2. The molecular formula is C11H12ClFN2. The van der Waals surface area contributed by atoms with Crippen LogP contribution >= 0.6 is 11.6 Å². The lowest BCUT2D eigenvalue weighted by atomic mass is 10.3. The van der Waals surface area contributed by atoms with Crippen LogP contribution in [0.3, 0.4) is 0 Å². The van der Waals surface area contributed by atoms with Crippen molar-refractivity contribution in [2.24, 2.45) is 0 Å². The minimum atomic E-state index is -0.365. The molecule has 4 heteroatoms. The van der Waals surface area contributed by atoms with E-state index in [4.69, 9.17) is 11.6 Å². The fourth-order valence-electron chi connectivity index (χ4n) is 1.55. The zero-order chi connectivity index (χ0) is 10.8. The molecule has 0 radical (unpaired) electrons. The van der Waals surface area contributed by atoms with Crippen molar-refractivity contribution in [2.75, 3.05) is 11.4 Å². The van der Waals surface area contributed by atoms with Crippen molar-refractivity contribution in [3.8, 4) is 0 Å². The van der Waals surface area contributed by atoms with Crippen LogP contribution < -0.4 is 4.90 Å². The Kier molecular flexibility index (Phi) is 2.91. The highest BCUT2D eigenvalue weighted by Gasteiger charge is 2.30. The Morgan fingerprint density at radius 3 is 2.93 bits per heavy atom. The van der Waals surface area contributed by atoms with Crippen LogP contribution in [0.15, 0.2) is 24.9 Å². The normalized spacial score (nSPS) is 15.1. The molecule has 0 atom stereocenters. The molecule has 0 N–H and O–H groups in total. The third kappa shape index (κ3) is 2.29. The Morgan fingerprint density at radius 1 is 1.67 bits per heavy atom. The Morgan fingerprint density at radius 2 is 2.40 bits per heavy atom. The standard InChI is InChI=1S/C11H12ClFN2/c1-2-5-15(9-3-4-9)11-10(13)6-8(12)7-14-11/h2,6-7,9H,1,3-5H2. The monoisotopic (exact) mass is 226 g/mol. The smallest absolute Gasteiger partial charge is 0.167 e. The van der Waals surface area contributed by atoms with Gasteiger partial charge in [0.15, 0.2) is 11.6 Å². The molecule has 1 aliphatic rings. The number of anilines is 1. The van der Waals surface area contributed by atoms with Crippen molar-refractivity contribution in [3.63, 3.8) is 0 Å². The number of aromatic nitrogens is 1. The Hall–Kier alpha value is -1.09. The van der Waals surface area contributed by atoms with E-state index in [2.05, 4.69) is 11.6 Å². The van der Waals surface area contributed by atoms with Gasteiger partial charge in [0.1, 0.15) is 0 Å². The predicted octanol–water partition coefficient (Wildman–Crippen LogP) is 3.03. The lowest BCUT2D eigenvalue weighted by molar-refractivity contribution is 0.611. The summed E-state index contributed by atoms with van der Waals surface area (Å²) in [6.07, 6.45) is 5.42. The second-order valence-corrected chi connectivity index (χ2v) is 4.07. The highest BCUT2D eigenvalue weighted by Crippen LogP contribution is 2.32. The van der Waals surface area contributed by atoms with Gasteiger partial charge in [0.2, 0.25) is 0 Å². The summed E-state index contributed by atoms with van der Waals surface area (Å²) in [5.41, 5.74) is 0. The fraction of sp³-hybridized carbons (Fsp3) is 0.364. The maximum Gasteiger partial charge on any atom is 0.167 e. The minimum absolute atomic E-state index is 0.325. The molecule has 80 valence electrons. The first kappa shape index (κ1) is 10.4. The molecule has 0 unspecified atom stereocenters. The number of pyridine rings is 1. The van der Waals surface area contributed by atoms with Gasteiger partial charge in [0.05, 0.1) is 5.02 Å². The van der Waals surface area contributed by atoms with Crippen LogP contribution in [0.2, 0.25) is 5.02 Å². The van der Waals surface area contributed by atoms with Gasteiger partial charge in [-0.2, -0.15) is 0 Å². The lowest BCUT2D eigenvalue weighted by Crippen LogP contribution is -2.27. The van der Waals surface area contributed by atoms with Gasteiger partial charge in [0.25, 0.3) is 0 Å². The number of halogens is 2. The summed E-state index contributed by atoms with van der Waals surface area (Å²) in [6, 6.07) is 1.70. The maximum absolute atomic E-state index is 13.6. The molecule has 0 aromatic carbocycles. The van der Waals surface area contributed by atoms with E-state index in [1.807, 2.05) is 4.90 Å². The van der Waals surface area contributed by atoms with Crippen LogP contribution in [0.1, 0.15) is 12.8 Å². The first-order chi connectivity index (χ1) is 7.22. The van der Waals surface area contributed by atoms with Crippen molar-refractivity contribution in [3.05, 3.63) is 35.8 Å². The second kappa shape index (κ2) is 4.19. The topological polar surface area (TPSA) is 16.1 Å². The van der Waals surface area contributed by atoms with Crippen molar-refractivity contribution in [2.45, 2.75) is 18.9 Å². The average Bonchev–Trinajstić information content (AvgIpc) is 2.98. The Bertz CT molecular complexity index is 377. The molecule has 1 fully saturated rings. The van der Waals surface area contributed by atoms with Crippen LogP contribution in [0, 0.1) is 5.82 Å². The highest BCUT2D eigenvalue weighted by molar-refractivity contribution is 6.30. The molecule has 0 spiro atoms. The molecule has 15 heavy (non-hydrogen) atoms. The maximum atomic E-state index is 13.6. The van der Waals surface area contributed by atoms with Gasteiger partial charge in [-0.15, -0.1) is 6.58 Å². The van der Waals surface area contributed by atoms with E-state index < -0.39 is 0 Å². The van der Waals surface area contributed by atoms with Crippen LogP contribution in [0.25, 0.3) is 0 Å². The molecule has 1 saturated carbocycles. The van der Waals surface area contributed by atoms with Crippen molar-refractivity contribution >= 4 is 17.4 Å². The average molecular weight is 227 g/mol. The fourth-order valence-corrected chi connectivity index (χ4v) is 1.70. The third-order valence-electron chi connectivity index (χ3n) is 2.37. The molecule has 2 nitrogen and oxygen atoms in total. The Balaban J connectivity index is 2.28. The van der Waals surface area contributed by atoms with Gasteiger partial charge in [-0.05, 0) is 18.9 Å². The van der Waals surface area contributed by atoms with Crippen molar-refractivity contribution in [1.82, 2.24) is 4.98 Å². The van der Waals surface area contributed by atoms with Gasteiger partial charge >= 0.3 is 0 Å². The van der Waals surface area contributed by atoms with Gasteiger partial charge in [-0.25, -0.2) is 9.37 Å². The van der Waals surface area contributed by atoms with Gasteiger partial charge in [0, 0.05) is 18.8 Å². The van der Waals surface area contributed by atoms with Crippen LogP contribution in [-0.2, 0) is 0 Å². The van der Waals surface area contributed by atoms with E-state index in [9.17, 15) is 4.39 Å². The molecule has 1 aromatic rings. The lowest BCUT2D eigenvalue weighted by Gasteiger charge is -2.22. The zero-order valence-corrected chi connectivity index (χ0v) is 9.04. The minimum Gasteiger partial charge on any atom is -0.347 e. The summed E-state index contributed by atoms with van der Waals surface area (Å²) in [5.74, 6) is 0.0121. The molecule has 0 aliphatic heterocycles. The summed E-state index contributed by atoms with van der Waals surface area (Å²) in [7, 11) is 0. The van der Waals surface area contributed by atoms with Gasteiger partial charge in [-0.1, -0.05) is 17.7 Å². The van der Waals surface area contributed by atoms with E-state index in [1.165, 1.54) is 12.3 Å². The first-order valence-corrected chi connectivity index (χ1v) is 5.28. The molecule has 0 bridgehead atoms. The highest BCUT2D eigenvalue weighted by atomic mass is 35.5. The molecule has 1 aromatic heterocycles. The van der Waals surface area contributed by atoms with Crippen LogP contribution in [0.4, 0.5) is 10.2 Å². The number of nitrogens with zero attached hydrogens (tertiary/aromatic N) is 2. The SMILES string of the molecule is C=CCN(c1ncc(Cl)cc1F)C1CC1. The predicted molar refractivity (Wildman–Crippen MR) is 59.8 cm³/mol. The summed E-state index contributed by atoms with van der Waals surface area (Å²) in [4.78, 5) is 5.96. The molecular weight excluding hydrogens is 215 g/mol. The largest absolute Gasteiger partial charge is 0.347 e. The summed E-state index contributed by atoms with van der Waals surface area (Å²) in [6.45, 7) is 4.29. The Labute approximate surface area is 93.4 Å². The summed E-state index contributed by atoms with van der Waals surface area (Å²) >= 11 is 5.65. The van der Waals surface area contributed by atoms with E-state index >= 15 is 0 Å². The van der Waals surface area contributed by atoms with E-state index in [0.717, 1.165) is 12.8 Å². The molecule has 0 saturated heterocycles. The third-order valence-corrected chi connectivity index (χ3v) is 2.58. The van der Waals surface area contributed by atoms with Crippen molar-refractivity contribution in [1.29, 1.82) is 0 Å². The summed E-state index contributed by atoms with van der Waals surface area (Å²) < 4.78 is 13.6. The second-order valence-electron chi connectivity index (χ2n) is 3.63. The molecule has 1 aliphatic carbocycles.